The maximum atomic E-state index is 13.1. The Morgan fingerprint density at radius 2 is 1.71 bits per heavy atom. The van der Waals surface area contributed by atoms with E-state index in [1.807, 2.05) is 11.9 Å². The minimum absolute atomic E-state index is 0.000631. The minimum Gasteiger partial charge on any atom is -0.352 e. The van der Waals surface area contributed by atoms with Gasteiger partial charge >= 0.3 is 5.91 Å². The maximum absolute atomic E-state index is 13.1. The highest BCUT2D eigenvalue weighted by Gasteiger charge is 2.37. The summed E-state index contributed by atoms with van der Waals surface area (Å²) in [7, 11) is 1.88. The van der Waals surface area contributed by atoms with Crippen LogP contribution in [-0.2, 0) is 19.2 Å². The Hall–Kier alpha value is -2.10. The Morgan fingerprint density at radius 3 is 2.29 bits per heavy atom. The van der Waals surface area contributed by atoms with Crippen LogP contribution < -0.4 is 10.7 Å². The first-order valence-corrected chi connectivity index (χ1v) is 12.2. The van der Waals surface area contributed by atoms with E-state index in [-0.39, 0.29) is 23.7 Å². The average Bonchev–Trinajstić information content (AvgIpc) is 3.20. The van der Waals surface area contributed by atoms with Crippen LogP contribution in [0.1, 0.15) is 51.9 Å². The summed E-state index contributed by atoms with van der Waals surface area (Å²) in [4.78, 5) is 53.8. The number of likely N-dealkylation sites (tertiary alicyclic amines) is 1. The second-order valence-electron chi connectivity index (χ2n) is 8.63. The third-order valence-corrected chi connectivity index (χ3v) is 7.52. The first-order valence-electron chi connectivity index (χ1n) is 11.2. The standard InChI is InChI=1S/C21H33N5O4S/c1-14(27)26-10-8-15(9-11-26)17(22-19(29)16-6-4-3-5-7-16)18(28)20(30)23-24-21-25(2)12-13-31-21/h15-17H,3-13H2,1-2H3,(H,22,29)(H,23,30)/b24-21-. The summed E-state index contributed by atoms with van der Waals surface area (Å²) >= 11 is 1.52. The summed E-state index contributed by atoms with van der Waals surface area (Å²) in [6.07, 6.45) is 5.93. The summed E-state index contributed by atoms with van der Waals surface area (Å²) in [6.45, 7) is 3.41. The molecule has 31 heavy (non-hydrogen) atoms. The van der Waals surface area contributed by atoms with Crippen LogP contribution in [-0.4, -0.2) is 76.9 Å². The summed E-state index contributed by atoms with van der Waals surface area (Å²) in [5.74, 6) is -1.02. The van der Waals surface area contributed by atoms with E-state index in [2.05, 4.69) is 15.8 Å². The lowest BCUT2D eigenvalue weighted by molar-refractivity contribution is -0.142. The smallest absolute Gasteiger partial charge is 0.309 e. The summed E-state index contributed by atoms with van der Waals surface area (Å²) in [5, 5.41) is 7.64. The van der Waals surface area contributed by atoms with Crippen molar-refractivity contribution in [3.05, 3.63) is 0 Å². The van der Waals surface area contributed by atoms with E-state index in [1.165, 1.54) is 18.7 Å². The van der Waals surface area contributed by atoms with Gasteiger partial charge in [-0.15, -0.1) is 5.10 Å². The fourth-order valence-corrected chi connectivity index (χ4v) is 5.44. The largest absolute Gasteiger partial charge is 0.352 e. The van der Waals surface area contributed by atoms with E-state index in [1.54, 1.807) is 4.90 Å². The molecular weight excluding hydrogens is 418 g/mol. The van der Waals surface area contributed by atoms with Crippen molar-refractivity contribution in [2.24, 2.45) is 16.9 Å². The van der Waals surface area contributed by atoms with E-state index in [4.69, 9.17) is 0 Å². The molecule has 0 radical (unpaired) electrons. The molecular formula is C21H33N5O4S. The molecule has 1 unspecified atom stereocenters. The molecule has 2 heterocycles. The molecule has 3 aliphatic rings. The number of piperidine rings is 1. The van der Waals surface area contributed by atoms with Crippen molar-refractivity contribution in [1.29, 1.82) is 0 Å². The van der Waals surface area contributed by atoms with E-state index >= 15 is 0 Å². The van der Waals surface area contributed by atoms with Crippen LogP contribution in [0.4, 0.5) is 0 Å². The quantitative estimate of drug-likeness (QED) is 0.459. The lowest BCUT2D eigenvalue weighted by Crippen LogP contribution is -2.54. The van der Waals surface area contributed by atoms with Gasteiger partial charge in [0.1, 0.15) is 6.04 Å². The maximum Gasteiger partial charge on any atom is 0.309 e. The van der Waals surface area contributed by atoms with E-state index in [0.717, 1.165) is 44.4 Å². The first kappa shape index (κ1) is 23.6. The molecule has 2 N–H and O–H groups in total. The lowest BCUT2D eigenvalue weighted by Gasteiger charge is -2.35. The number of nitrogens with one attached hydrogen (secondary N) is 2. The molecule has 0 aromatic rings. The van der Waals surface area contributed by atoms with Crippen LogP contribution in [0.3, 0.4) is 0 Å². The zero-order valence-electron chi connectivity index (χ0n) is 18.4. The van der Waals surface area contributed by atoms with Gasteiger partial charge in [0.05, 0.1) is 0 Å². The first-order chi connectivity index (χ1) is 14.9. The van der Waals surface area contributed by atoms with Gasteiger partial charge in [0.2, 0.25) is 17.6 Å². The Kier molecular flexibility index (Phi) is 8.34. The number of amides is 3. The monoisotopic (exact) mass is 451 g/mol. The van der Waals surface area contributed by atoms with Gasteiger partial charge in [0, 0.05) is 45.3 Å². The van der Waals surface area contributed by atoms with Gasteiger partial charge in [-0.25, -0.2) is 5.43 Å². The molecule has 1 saturated carbocycles. The number of thioether (sulfide) groups is 1. The number of amidine groups is 1. The van der Waals surface area contributed by atoms with E-state index in [0.29, 0.717) is 31.1 Å². The number of rotatable bonds is 6. The van der Waals surface area contributed by atoms with Crippen LogP contribution in [0.5, 0.6) is 0 Å². The molecule has 2 saturated heterocycles. The van der Waals surface area contributed by atoms with Crippen molar-refractivity contribution in [2.45, 2.75) is 57.9 Å². The van der Waals surface area contributed by atoms with Crippen molar-refractivity contribution >= 4 is 40.4 Å². The number of carbonyl (C=O) groups excluding carboxylic acids is 4. The van der Waals surface area contributed by atoms with Crippen molar-refractivity contribution in [3.8, 4) is 0 Å². The number of carbonyl (C=O) groups is 4. The Balaban J connectivity index is 1.67. The average molecular weight is 452 g/mol. The number of hydrazone groups is 1. The summed E-state index contributed by atoms with van der Waals surface area (Å²) < 4.78 is 0. The lowest BCUT2D eigenvalue weighted by atomic mass is 9.84. The third-order valence-electron chi connectivity index (χ3n) is 6.47. The van der Waals surface area contributed by atoms with Crippen LogP contribution >= 0.6 is 11.8 Å². The van der Waals surface area contributed by atoms with Crippen molar-refractivity contribution in [3.63, 3.8) is 0 Å². The zero-order chi connectivity index (χ0) is 22.4. The Morgan fingerprint density at radius 1 is 1.03 bits per heavy atom. The predicted octanol–water partition coefficient (Wildman–Crippen LogP) is 0.945. The fraction of sp³-hybridized carbons (Fsp3) is 0.762. The molecule has 2 aliphatic heterocycles. The second kappa shape index (κ2) is 11.0. The summed E-state index contributed by atoms with van der Waals surface area (Å²) in [5.41, 5.74) is 2.38. The topological polar surface area (TPSA) is 111 Å². The van der Waals surface area contributed by atoms with Crippen molar-refractivity contribution in [2.75, 3.05) is 32.4 Å². The summed E-state index contributed by atoms with van der Waals surface area (Å²) in [6, 6.07) is -0.891. The number of Topliss-reactive ketones (excluding diaryl/α,β-unsaturated/α-hetero) is 1. The van der Waals surface area contributed by atoms with E-state index < -0.39 is 17.7 Å². The molecule has 3 fully saturated rings. The third kappa shape index (κ3) is 6.21. The molecule has 3 amide bonds. The molecule has 3 rings (SSSR count). The molecule has 1 aliphatic carbocycles. The van der Waals surface area contributed by atoms with Crippen molar-refractivity contribution in [1.82, 2.24) is 20.5 Å². The number of ketones is 1. The molecule has 10 heteroatoms. The van der Waals surface area contributed by atoms with Gasteiger partial charge in [-0.05, 0) is 31.6 Å². The van der Waals surface area contributed by atoms with Crippen LogP contribution in [0.2, 0.25) is 0 Å². The van der Waals surface area contributed by atoms with E-state index in [9.17, 15) is 19.2 Å². The number of nitrogens with zero attached hydrogens (tertiary/aromatic N) is 3. The van der Waals surface area contributed by atoms with Crippen LogP contribution in [0, 0.1) is 11.8 Å². The molecule has 1 atom stereocenters. The zero-order valence-corrected chi connectivity index (χ0v) is 19.2. The van der Waals surface area contributed by atoms with Crippen molar-refractivity contribution < 1.29 is 19.2 Å². The highest BCUT2D eigenvalue weighted by molar-refractivity contribution is 8.14. The molecule has 0 aromatic heterocycles. The normalized spacial score (nSPS) is 23.0. The van der Waals surface area contributed by atoms with Crippen LogP contribution in [0.15, 0.2) is 5.10 Å². The number of hydrogen-bond donors (Lipinski definition) is 2. The second-order valence-corrected chi connectivity index (χ2v) is 9.70. The molecule has 0 spiro atoms. The highest BCUT2D eigenvalue weighted by Crippen LogP contribution is 2.26. The predicted molar refractivity (Wildman–Crippen MR) is 119 cm³/mol. The van der Waals surface area contributed by atoms with Crippen LogP contribution in [0.25, 0.3) is 0 Å². The molecule has 0 aromatic carbocycles. The fourth-order valence-electron chi connectivity index (χ4n) is 4.47. The van der Waals surface area contributed by atoms with Gasteiger partial charge in [0.15, 0.2) is 5.17 Å². The van der Waals surface area contributed by atoms with Gasteiger partial charge in [-0.2, -0.15) is 0 Å². The number of hydrogen-bond acceptors (Lipinski definition) is 6. The van der Waals surface area contributed by atoms with Gasteiger partial charge in [-0.3, -0.25) is 19.2 Å². The van der Waals surface area contributed by atoms with Gasteiger partial charge in [0.25, 0.3) is 0 Å². The minimum atomic E-state index is -0.891. The molecule has 9 nitrogen and oxygen atoms in total. The molecule has 0 bridgehead atoms. The van der Waals surface area contributed by atoms with Gasteiger partial charge < -0.3 is 15.1 Å². The highest BCUT2D eigenvalue weighted by atomic mass is 32.2. The molecule has 172 valence electrons. The Bertz CT molecular complexity index is 729. The Labute approximate surface area is 187 Å². The SMILES string of the molecule is CC(=O)N1CCC(C(NC(=O)C2CCCCC2)C(=O)C(=O)N/N=C2\SCCN2C)CC1. The van der Waals surface area contributed by atoms with Gasteiger partial charge in [-0.1, -0.05) is 31.0 Å².